The summed E-state index contributed by atoms with van der Waals surface area (Å²) in [5.41, 5.74) is 3.31. The van der Waals surface area contributed by atoms with Crippen molar-refractivity contribution in [2.45, 2.75) is 58.9 Å². The van der Waals surface area contributed by atoms with Crippen LogP contribution in [0.5, 0.6) is 11.5 Å². The summed E-state index contributed by atoms with van der Waals surface area (Å²) in [5.74, 6) is 1.47. The van der Waals surface area contributed by atoms with Gasteiger partial charge in [0.15, 0.2) is 0 Å². The zero-order valence-electron chi connectivity index (χ0n) is 24.0. The molecule has 1 saturated heterocycles. The van der Waals surface area contributed by atoms with Crippen molar-refractivity contribution in [1.29, 1.82) is 0 Å². The summed E-state index contributed by atoms with van der Waals surface area (Å²) >= 11 is 0. The van der Waals surface area contributed by atoms with E-state index in [1.54, 1.807) is 29.5 Å². The van der Waals surface area contributed by atoms with E-state index in [9.17, 15) is 9.18 Å². The van der Waals surface area contributed by atoms with Crippen molar-refractivity contribution in [2.75, 3.05) is 25.5 Å². The fourth-order valence-electron chi connectivity index (χ4n) is 4.71. The van der Waals surface area contributed by atoms with E-state index in [-0.39, 0.29) is 11.4 Å². The van der Waals surface area contributed by atoms with Crippen LogP contribution in [0.4, 0.5) is 10.1 Å². The van der Waals surface area contributed by atoms with Crippen LogP contribution in [0.1, 0.15) is 51.8 Å². The van der Waals surface area contributed by atoms with Crippen LogP contribution in [0.3, 0.4) is 0 Å². The van der Waals surface area contributed by atoms with Gasteiger partial charge >= 0.3 is 0 Å². The quantitative estimate of drug-likeness (QED) is 0.277. The van der Waals surface area contributed by atoms with Gasteiger partial charge in [-0.15, -0.1) is 0 Å². The molecule has 1 amide bonds. The number of aromatic nitrogens is 4. The molecule has 1 aliphatic rings. The highest BCUT2D eigenvalue weighted by Crippen LogP contribution is 2.31. The average Bonchev–Trinajstić information content (AvgIpc) is 3.41. The second kappa shape index (κ2) is 13.0. The molecule has 0 saturated carbocycles. The Kier molecular flexibility index (Phi) is 9.47. The summed E-state index contributed by atoms with van der Waals surface area (Å²) in [4.78, 5) is 21.1. The Balaban J connectivity index is 0.000000259. The summed E-state index contributed by atoms with van der Waals surface area (Å²) < 4.78 is 21.8. The van der Waals surface area contributed by atoms with E-state index < -0.39 is 0 Å². The number of carbonyl (C=O) groups is 1. The number of likely N-dealkylation sites (tertiary alicyclic amines) is 1. The summed E-state index contributed by atoms with van der Waals surface area (Å²) in [7, 11) is 2.19. The van der Waals surface area contributed by atoms with Crippen LogP contribution in [-0.2, 0) is 23.2 Å². The van der Waals surface area contributed by atoms with Gasteiger partial charge in [0.25, 0.3) is 0 Å². The molecule has 1 N–H and O–H groups in total. The van der Waals surface area contributed by atoms with Gasteiger partial charge in [0.05, 0.1) is 34.8 Å². The number of fused-ring (bicyclic) bond motifs is 1. The molecule has 0 spiro atoms. The number of benzene rings is 1. The van der Waals surface area contributed by atoms with Gasteiger partial charge in [-0.1, -0.05) is 13.0 Å². The van der Waals surface area contributed by atoms with Crippen molar-refractivity contribution in [2.24, 2.45) is 5.92 Å². The number of piperidine rings is 1. The largest absolute Gasteiger partial charge is 0.455 e. The fraction of sp³-hybridized carbons (Fsp3) is 0.419. The zero-order chi connectivity index (χ0) is 28.7. The van der Waals surface area contributed by atoms with Crippen LogP contribution in [0.2, 0.25) is 0 Å². The summed E-state index contributed by atoms with van der Waals surface area (Å²) in [6.07, 6.45) is 11.5. The summed E-state index contributed by atoms with van der Waals surface area (Å²) in [6, 6.07) is 9.61. The van der Waals surface area contributed by atoms with Gasteiger partial charge in [-0.3, -0.25) is 19.4 Å². The first-order chi connectivity index (χ1) is 19.2. The standard InChI is InChI=1S/C23H26FN3O.C8H13N3O/c1-3-21-20(24)14-18(15-26-21)28-23-6-9-25-22-5-4-17(13-19(22)23)12-16-7-10-27(2)11-8-16;1-8(2,3)11-5-7(4-10-11)9-6-12/h4-6,9,13-16H,3,7-8,10-12H2,1-2H3;4-6H,1-3H3,(H,9,12). The Morgan fingerprint density at radius 1 is 1.12 bits per heavy atom. The number of ether oxygens (including phenoxy) is 1. The minimum absolute atomic E-state index is 0.0389. The van der Waals surface area contributed by atoms with Gasteiger partial charge in [-0.05, 0) is 96.3 Å². The predicted octanol–water partition coefficient (Wildman–Crippen LogP) is 6.21. The second-order valence-electron chi connectivity index (χ2n) is 11.3. The number of pyridine rings is 2. The number of aryl methyl sites for hydroxylation is 1. The highest BCUT2D eigenvalue weighted by Gasteiger charge is 2.18. The van der Waals surface area contributed by atoms with Gasteiger partial charge in [-0.2, -0.15) is 5.10 Å². The Bertz CT molecular complexity index is 1420. The lowest BCUT2D eigenvalue weighted by Crippen LogP contribution is -2.30. The van der Waals surface area contributed by atoms with Gasteiger partial charge in [-0.25, -0.2) is 4.39 Å². The molecule has 0 bridgehead atoms. The minimum atomic E-state index is -0.332. The lowest BCUT2D eigenvalue weighted by Gasteiger charge is -2.29. The van der Waals surface area contributed by atoms with Gasteiger partial charge in [0.2, 0.25) is 6.41 Å². The number of carbonyl (C=O) groups excluding carboxylic acids is 1. The van der Waals surface area contributed by atoms with Crippen molar-refractivity contribution in [1.82, 2.24) is 24.6 Å². The van der Waals surface area contributed by atoms with E-state index in [0.29, 0.717) is 30.0 Å². The molecule has 40 heavy (non-hydrogen) atoms. The maximum Gasteiger partial charge on any atom is 0.211 e. The number of nitrogens with one attached hydrogen (secondary N) is 1. The molecule has 1 aromatic carbocycles. The molecule has 1 aliphatic heterocycles. The van der Waals surface area contributed by atoms with Crippen LogP contribution in [0, 0.1) is 11.7 Å². The molecule has 5 rings (SSSR count). The van der Waals surface area contributed by atoms with Crippen LogP contribution < -0.4 is 10.1 Å². The lowest BCUT2D eigenvalue weighted by molar-refractivity contribution is -0.105. The minimum Gasteiger partial charge on any atom is -0.455 e. The molecular formula is C31H39FN6O2. The van der Waals surface area contributed by atoms with E-state index in [1.807, 2.05) is 39.8 Å². The van der Waals surface area contributed by atoms with Gasteiger partial charge in [0, 0.05) is 23.8 Å². The van der Waals surface area contributed by atoms with Crippen molar-refractivity contribution in [3.8, 4) is 11.5 Å². The fourth-order valence-corrected chi connectivity index (χ4v) is 4.71. The van der Waals surface area contributed by atoms with Crippen molar-refractivity contribution in [3.05, 3.63) is 72.2 Å². The van der Waals surface area contributed by atoms with Crippen LogP contribution >= 0.6 is 0 Å². The Morgan fingerprint density at radius 2 is 1.90 bits per heavy atom. The van der Waals surface area contributed by atoms with Gasteiger partial charge < -0.3 is 15.0 Å². The summed E-state index contributed by atoms with van der Waals surface area (Å²) in [6.45, 7) is 10.4. The molecule has 3 aromatic heterocycles. The third-order valence-corrected chi connectivity index (χ3v) is 7.08. The SMILES string of the molecule is CC(C)(C)n1cc(NC=O)cn1.CCc1ncc(Oc2ccnc3ccc(CC4CCN(C)CC4)cc23)cc1F. The molecule has 0 aliphatic carbocycles. The molecule has 0 unspecified atom stereocenters. The Labute approximate surface area is 235 Å². The second-order valence-corrected chi connectivity index (χ2v) is 11.3. The topological polar surface area (TPSA) is 85.2 Å². The van der Waals surface area contributed by atoms with E-state index in [4.69, 9.17) is 4.74 Å². The number of amides is 1. The summed E-state index contributed by atoms with van der Waals surface area (Å²) in [5, 5.41) is 7.59. The van der Waals surface area contributed by atoms with Crippen molar-refractivity contribution < 1.29 is 13.9 Å². The highest BCUT2D eigenvalue weighted by molar-refractivity contribution is 5.85. The van der Waals surface area contributed by atoms with E-state index in [0.717, 1.165) is 28.9 Å². The van der Waals surface area contributed by atoms with E-state index in [2.05, 4.69) is 44.5 Å². The Hall–Kier alpha value is -3.85. The van der Waals surface area contributed by atoms with E-state index >= 15 is 0 Å². The number of hydrogen-bond acceptors (Lipinski definition) is 6. The third-order valence-electron chi connectivity index (χ3n) is 7.08. The zero-order valence-corrected chi connectivity index (χ0v) is 24.0. The lowest BCUT2D eigenvalue weighted by atomic mass is 9.90. The smallest absolute Gasteiger partial charge is 0.211 e. The van der Waals surface area contributed by atoms with Crippen molar-refractivity contribution in [3.63, 3.8) is 0 Å². The van der Waals surface area contributed by atoms with Crippen molar-refractivity contribution >= 4 is 23.0 Å². The number of halogens is 1. The molecule has 0 atom stereocenters. The molecule has 9 heteroatoms. The van der Waals surface area contributed by atoms with E-state index in [1.165, 1.54) is 37.6 Å². The van der Waals surface area contributed by atoms with Crippen LogP contribution in [0.15, 0.2) is 55.1 Å². The van der Waals surface area contributed by atoms with Gasteiger partial charge in [0.1, 0.15) is 17.3 Å². The first-order valence-electron chi connectivity index (χ1n) is 13.8. The maximum absolute atomic E-state index is 14.1. The average molecular weight is 547 g/mol. The monoisotopic (exact) mass is 546 g/mol. The molecular weight excluding hydrogens is 507 g/mol. The highest BCUT2D eigenvalue weighted by atomic mass is 19.1. The van der Waals surface area contributed by atoms with Crippen LogP contribution in [0.25, 0.3) is 10.9 Å². The molecule has 4 heterocycles. The predicted molar refractivity (Wildman–Crippen MR) is 156 cm³/mol. The third kappa shape index (κ3) is 7.63. The number of anilines is 1. The first-order valence-corrected chi connectivity index (χ1v) is 13.8. The molecule has 8 nitrogen and oxygen atoms in total. The number of hydrogen-bond donors (Lipinski definition) is 1. The first kappa shape index (κ1) is 29.1. The normalized spacial score (nSPS) is 14.4. The molecule has 212 valence electrons. The number of rotatable bonds is 7. The molecule has 4 aromatic rings. The Morgan fingerprint density at radius 3 is 2.55 bits per heavy atom. The molecule has 0 radical (unpaired) electrons. The maximum atomic E-state index is 14.1. The molecule has 1 fully saturated rings. The number of nitrogens with zero attached hydrogens (tertiary/aromatic N) is 5. The van der Waals surface area contributed by atoms with Crippen LogP contribution in [-0.4, -0.2) is 51.2 Å².